The molecule has 2 aliphatic heterocycles. The Morgan fingerprint density at radius 3 is 2.58 bits per heavy atom. The molecule has 2 aromatic rings. The fraction of sp³-hybridized carbons (Fsp3) is 0.524. The molecular formula is C21H27ClN4O3S2. The lowest BCUT2D eigenvalue weighted by atomic mass is 9.88. The van der Waals surface area contributed by atoms with Gasteiger partial charge in [0.05, 0.1) is 21.3 Å². The Morgan fingerprint density at radius 1 is 1.23 bits per heavy atom. The van der Waals surface area contributed by atoms with E-state index in [0.717, 1.165) is 23.3 Å². The number of nitrogens with zero attached hydrogens (tertiary/aromatic N) is 2. The highest BCUT2D eigenvalue weighted by atomic mass is 35.5. The van der Waals surface area contributed by atoms with E-state index >= 15 is 0 Å². The van der Waals surface area contributed by atoms with Crippen molar-refractivity contribution in [3.63, 3.8) is 0 Å². The van der Waals surface area contributed by atoms with Crippen molar-refractivity contribution in [2.24, 2.45) is 16.6 Å². The van der Waals surface area contributed by atoms with Crippen LogP contribution in [0.4, 0.5) is 5.69 Å². The standard InChI is InChI=1S/C21H27ClN4O3S2/c1-20(18-16(22)8-17(30-18)14-7-15(23)11-25-10-14)12-31(27,28)21(2,19(24)26-20)9-13-3-5-29-6-4-13/h7-8,10-11,13H,3-6,9,12,23H2,1-2H3,(H2,24,26)/t20-,21-/m0/s1. The predicted molar refractivity (Wildman–Crippen MR) is 126 cm³/mol. The molecular weight excluding hydrogens is 456 g/mol. The van der Waals surface area contributed by atoms with Crippen LogP contribution in [0.2, 0.25) is 5.02 Å². The maximum Gasteiger partial charge on any atom is 0.165 e. The van der Waals surface area contributed by atoms with Crippen molar-refractivity contribution in [2.75, 3.05) is 24.7 Å². The summed E-state index contributed by atoms with van der Waals surface area (Å²) in [6.45, 7) is 4.80. The van der Waals surface area contributed by atoms with Gasteiger partial charge in [0.15, 0.2) is 9.84 Å². The number of aromatic nitrogens is 1. The first-order valence-electron chi connectivity index (χ1n) is 10.2. The van der Waals surface area contributed by atoms with Gasteiger partial charge >= 0.3 is 0 Å². The molecule has 4 rings (SSSR count). The van der Waals surface area contributed by atoms with Gasteiger partial charge in [-0.2, -0.15) is 0 Å². The van der Waals surface area contributed by atoms with Crippen LogP contribution in [0.3, 0.4) is 0 Å². The summed E-state index contributed by atoms with van der Waals surface area (Å²) in [4.78, 5) is 10.4. The van der Waals surface area contributed by atoms with Crippen molar-refractivity contribution in [2.45, 2.75) is 43.4 Å². The minimum absolute atomic E-state index is 0.144. The summed E-state index contributed by atoms with van der Waals surface area (Å²) in [5.41, 5.74) is 12.5. The number of halogens is 1. The number of nitrogen functional groups attached to an aromatic ring is 1. The van der Waals surface area contributed by atoms with Gasteiger partial charge in [-0.3, -0.25) is 9.98 Å². The van der Waals surface area contributed by atoms with E-state index in [-0.39, 0.29) is 17.5 Å². The van der Waals surface area contributed by atoms with E-state index < -0.39 is 20.1 Å². The quantitative estimate of drug-likeness (QED) is 0.686. The number of pyridine rings is 1. The molecule has 1 saturated heterocycles. The number of nitrogens with two attached hydrogens (primary N) is 2. The number of aliphatic imine (C=N–C) groups is 1. The van der Waals surface area contributed by atoms with Crippen molar-refractivity contribution in [3.05, 3.63) is 34.4 Å². The fourth-order valence-corrected chi connectivity index (χ4v) is 8.25. The van der Waals surface area contributed by atoms with E-state index in [9.17, 15) is 8.42 Å². The van der Waals surface area contributed by atoms with Crippen LogP contribution >= 0.6 is 22.9 Å². The van der Waals surface area contributed by atoms with E-state index in [1.54, 1.807) is 32.3 Å². The molecule has 0 spiro atoms. The van der Waals surface area contributed by atoms with Gasteiger partial charge in [0.1, 0.15) is 16.1 Å². The molecule has 7 nitrogen and oxygen atoms in total. The number of ether oxygens (including phenoxy) is 1. The number of hydrogen-bond donors (Lipinski definition) is 2. The molecule has 0 radical (unpaired) electrons. The predicted octanol–water partition coefficient (Wildman–Crippen LogP) is 3.62. The zero-order valence-electron chi connectivity index (χ0n) is 17.6. The van der Waals surface area contributed by atoms with Crippen molar-refractivity contribution in [1.29, 1.82) is 0 Å². The van der Waals surface area contributed by atoms with E-state index in [4.69, 9.17) is 32.8 Å². The Morgan fingerprint density at radius 2 is 1.94 bits per heavy atom. The van der Waals surface area contributed by atoms with Gasteiger partial charge in [-0.05, 0) is 51.2 Å². The number of hydrogen-bond acceptors (Lipinski definition) is 8. The molecule has 31 heavy (non-hydrogen) atoms. The Bertz CT molecular complexity index is 1130. The van der Waals surface area contributed by atoms with Crippen LogP contribution in [0.15, 0.2) is 29.5 Å². The van der Waals surface area contributed by atoms with Gasteiger partial charge in [-0.15, -0.1) is 11.3 Å². The van der Waals surface area contributed by atoms with Crippen LogP contribution in [0, 0.1) is 5.92 Å². The normalized spacial score (nSPS) is 28.9. The summed E-state index contributed by atoms with van der Waals surface area (Å²) in [7, 11) is -3.59. The lowest BCUT2D eigenvalue weighted by Gasteiger charge is -2.41. The molecule has 0 saturated carbocycles. The van der Waals surface area contributed by atoms with E-state index in [1.807, 2.05) is 6.07 Å². The van der Waals surface area contributed by atoms with Crippen molar-refractivity contribution >= 4 is 44.3 Å². The summed E-state index contributed by atoms with van der Waals surface area (Å²) in [5.74, 6) is 0.263. The number of thiophene rings is 1. The van der Waals surface area contributed by atoms with Gasteiger partial charge < -0.3 is 16.2 Å². The second kappa shape index (κ2) is 8.03. The lowest BCUT2D eigenvalue weighted by Crippen LogP contribution is -2.57. The molecule has 0 bridgehead atoms. The summed E-state index contributed by atoms with van der Waals surface area (Å²) in [6, 6.07) is 3.61. The second-order valence-corrected chi connectivity index (χ2v) is 12.7. The monoisotopic (exact) mass is 482 g/mol. The molecule has 0 unspecified atom stereocenters. The summed E-state index contributed by atoms with van der Waals surface area (Å²) in [5, 5.41) is 0.463. The third kappa shape index (κ3) is 4.08. The van der Waals surface area contributed by atoms with Crippen molar-refractivity contribution < 1.29 is 13.2 Å². The average molecular weight is 483 g/mol. The first-order valence-corrected chi connectivity index (χ1v) is 13.1. The Kier molecular flexibility index (Phi) is 5.83. The molecule has 2 aliphatic rings. The highest BCUT2D eigenvalue weighted by molar-refractivity contribution is 7.93. The third-order valence-corrected chi connectivity index (χ3v) is 10.8. The minimum Gasteiger partial charge on any atom is -0.397 e. The van der Waals surface area contributed by atoms with Crippen LogP contribution in [-0.4, -0.2) is 43.0 Å². The second-order valence-electron chi connectivity index (χ2n) is 8.82. The van der Waals surface area contributed by atoms with E-state index in [0.29, 0.717) is 35.2 Å². The van der Waals surface area contributed by atoms with Crippen molar-refractivity contribution in [1.82, 2.24) is 4.98 Å². The first-order chi connectivity index (χ1) is 14.5. The number of anilines is 1. The topological polar surface area (TPSA) is 121 Å². The van der Waals surface area contributed by atoms with E-state index in [2.05, 4.69) is 4.98 Å². The maximum absolute atomic E-state index is 13.6. The number of amidine groups is 1. The zero-order chi connectivity index (χ0) is 22.4. The largest absolute Gasteiger partial charge is 0.397 e. The molecule has 0 aromatic carbocycles. The zero-order valence-corrected chi connectivity index (χ0v) is 20.0. The van der Waals surface area contributed by atoms with Crippen LogP contribution in [0.5, 0.6) is 0 Å². The van der Waals surface area contributed by atoms with Gasteiger partial charge in [-0.1, -0.05) is 11.6 Å². The van der Waals surface area contributed by atoms with Gasteiger partial charge in [0.2, 0.25) is 0 Å². The maximum atomic E-state index is 13.6. The molecule has 168 valence electrons. The summed E-state index contributed by atoms with van der Waals surface area (Å²) in [6.07, 6.45) is 5.40. The lowest BCUT2D eigenvalue weighted by molar-refractivity contribution is 0.0625. The number of rotatable bonds is 4. The average Bonchev–Trinajstić information content (AvgIpc) is 3.10. The van der Waals surface area contributed by atoms with E-state index in [1.165, 1.54) is 11.3 Å². The highest BCUT2D eigenvalue weighted by Gasteiger charge is 2.53. The minimum atomic E-state index is -3.59. The molecule has 4 N–H and O–H groups in total. The highest BCUT2D eigenvalue weighted by Crippen LogP contribution is 2.47. The molecule has 0 aliphatic carbocycles. The summed E-state index contributed by atoms with van der Waals surface area (Å²) >= 11 is 7.96. The first kappa shape index (κ1) is 22.5. The molecule has 4 heterocycles. The van der Waals surface area contributed by atoms with Crippen LogP contribution < -0.4 is 11.5 Å². The smallest absolute Gasteiger partial charge is 0.165 e. The van der Waals surface area contributed by atoms with Gasteiger partial charge in [0, 0.05) is 36.0 Å². The van der Waals surface area contributed by atoms with Gasteiger partial charge in [0.25, 0.3) is 0 Å². The molecule has 2 aromatic heterocycles. The van der Waals surface area contributed by atoms with Crippen molar-refractivity contribution in [3.8, 4) is 10.4 Å². The Balaban J connectivity index is 1.71. The Labute approximate surface area is 191 Å². The third-order valence-electron chi connectivity index (χ3n) is 6.31. The molecule has 10 heteroatoms. The van der Waals surface area contributed by atoms with Crippen LogP contribution in [0.1, 0.15) is 38.0 Å². The molecule has 2 atom stereocenters. The molecule has 0 amide bonds. The van der Waals surface area contributed by atoms with Crippen LogP contribution in [0.25, 0.3) is 10.4 Å². The van der Waals surface area contributed by atoms with Crippen LogP contribution in [-0.2, 0) is 20.1 Å². The summed E-state index contributed by atoms with van der Waals surface area (Å²) < 4.78 is 31.3. The number of sulfone groups is 1. The fourth-order valence-electron chi connectivity index (χ4n) is 4.42. The Hall–Kier alpha value is -1.68. The van der Waals surface area contributed by atoms with Gasteiger partial charge in [-0.25, -0.2) is 8.42 Å². The molecule has 1 fully saturated rings. The SMILES string of the molecule is C[C@]1(CC2CCOCC2)C(N)=N[C@](C)(c2sc(-c3cncc(N)c3)cc2Cl)CS1(=O)=O.